The van der Waals surface area contributed by atoms with Gasteiger partial charge in [0.25, 0.3) is 0 Å². The first kappa shape index (κ1) is 8.97. The molecule has 3 aromatic rings. The molecule has 3 nitrogen and oxygen atoms in total. The lowest BCUT2D eigenvalue weighted by Gasteiger charge is -2.02. The van der Waals surface area contributed by atoms with Gasteiger partial charge in [0, 0.05) is 5.39 Å². The molecule has 1 heterocycles. The van der Waals surface area contributed by atoms with Gasteiger partial charge in [-0.25, -0.2) is 0 Å². The summed E-state index contributed by atoms with van der Waals surface area (Å²) in [5, 5.41) is 17.4. The molecule has 78 valence electrons. The van der Waals surface area contributed by atoms with Crippen LogP contribution in [0.3, 0.4) is 0 Å². The van der Waals surface area contributed by atoms with Gasteiger partial charge in [0.1, 0.15) is 5.75 Å². The molecule has 0 bridgehead atoms. The van der Waals surface area contributed by atoms with Crippen LogP contribution in [0.2, 0.25) is 0 Å². The Bertz CT molecular complexity index is 643. The first-order valence-electron chi connectivity index (χ1n) is 5.05. The Morgan fingerprint density at radius 3 is 2.75 bits per heavy atom. The average Bonchev–Trinajstić information content (AvgIpc) is 2.75. The molecule has 16 heavy (non-hydrogen) atoms. The van der Waals surface area contributed by atoms with E-state index in [1.54, 1.807) is 18.3 Å². The fourth-order valence-electron chi connectivity index (χ4n) is 1.80. The summed E-state index contributed by atoms with van der Waals surface area (Å²) in [5.41, 5.74) is 3.06. The summed E-state index contributed by atoms with van der Waals surface area (Å²) < 4.78 is 0. The summed E-state index contributed by atoms with van der Waals surface area (Å²) >= 11 is 0. The Labute approximate surface area is 92.4 Å². The highest BCUT2D eigenvalue weighted by molar-refractivity contribution is 5.83. The van der Waals surface area contributed by atoms with Gasteiger partial charge >= 0.3 is 0 Å². The van der Waals surface area contributed by atoms with Gasteiger partial charge in [-0.15, -0.1) is 0 Å². The zero-order valence-electron chi connectivity index (χ0n) is 8.51. The van der Waals surface area contributed by atoms with Crippen molar-refractivity contribution < 1.29 is 5.11 Å². The molecule has 3 rings (SSSR count). The summed E-state index contributed by atoms with van der Waals surface area (Å²) in [6, 6.07) is 13.3. The number of aromatic hydroxyl groups is 1. The minimum absolute atomic E-state index is 0.280. The molecular formula is C13H10N2O. The van der Waals surface area contributed by atoms with E-state index in [0.717, 1.165) is 22.0 Å². The van der Waals surface area contributed by atoms with Gasteiger partial charge in [-0.2, -0.15) is 5.10 Å². The first-order valence-corrected chi connectivity index (χ1v) is 5.05. The highest BCUT2D eigenvalue weighted by atomic mass is 16.3. The minimum Gasteiger partial charge on any atom is -0.508 e. The van der Waals surface area contributed by atoms with Crippen LogP contribution in [0.25, 0.3) is 22.0 Å². The molecule has 3 heteroatoms. The fraction of sp³-hybridized carbons (Fsp3) is 0. The number of hydrogen-bond donors (Lipinski definition) is 2. The van der Waals surface area contributed by atoms with Crippen molar-refractivity contribution in [3.63, 3.8) is 0 Å². The molecule has 0 aliphatic heterocycles. The van der Waals surface area contributed by atoms with Gasteiger partial charge in [0.2, 0.25) is 0 Å². The molecule has 0 aliphatic rings. The second-order valence-electron chi connectivity index (χ2n) is 3.72. The van der Waals surface area contributed by atoms with Crippen LogP contribution in [0.5, 0.6) is 5.75 Å². The van der Waals surface area contributed by atoms with Crippen LogP contribution in [0, 0.1) is 0 Å². The molecule has 0 saturated heterocycles. The van der Waals surface area contributed by atoms with Crippen LogP contribution < -0.4 is 0 Å². The molecule has 0 aliphatic carbocycles. The predicted octanol–water partition coefficient (Wildman–Crippen LogP) is 2.94. The van der Waals surface area contributed by atoms with E-state index in [1.807, 2.05) is 30.3 Å². The zero-order valence-corrected chi connectivity index (χ0v) is 8.51. The Balaban J connectivity index is 2.18. The molecule has 2 N–H and O–H groups in total. The van der Waals surface area contributed by atoms with Gasteiger partial charge in [0.15, 0.2) is 0 Å². The molecule has 0 atom stereocenters. The number of aromatic nitrogens is 2. The van der Waals surface area contributed by atoms with Crippen LogP contribution in [0.4, 0.5) is 0 Å². The van der Waals surface area contributed by atoms with Crippen molar-refractivity contribution in [3.8, 4) is 16.9 Å². The van der Waals surface area contributed by atoms with E-state index in [4.69, 9.17) is 0 Å². The standard InChI is InChI=1S/C13H10N2O/c16-12-3-1-2-9(6-12)10-4-5-11-8-14-15-13(11)7-10/h1-8,16H,(H,14,15). The maximum absolute atomic E-state index is 9.43. The fourth-order valence-corrected chi connectivity index (χ4v) is 1.80. The van der Waals surface area contributed by atoms with Crippen molar-refractivity contribution in [3.05, 3.63) is 48.7 Å². The van der Waals surface area contributed by atoms with E-state index in [-0.39, 0.29) is 5.75 Å². The third-order valence-corrected chi connectivity index (χ3v) is 2.62. The normalized spacial score (nSPS) is 10.8. The Kier molecular flexibility index (Phi) is 1.90. The number of benzene rings is 2. The Morgan fingerprint density at radius 2 is 1.88 bits per heavy atom. The van der Waals surface area contributed by atoms with Crippen molar-refractivity contribution in [1.29, 1.82) is 0 Å². The number of fused-ring (bicyclic) bond motifs is 1. The summed E-state index contributed by atoms with van der Waals surface area (Å²) in [6.45, 7) is 0. The third kappa shape index (κ3) is 1.42. The van der Waals surface area contributed by atoms with E-state index >= 15 is 0 Å². The first-order chi connectivity index (χ1) is 7.83. The van der Waals surface area contributed by atoms with Crippen LogP contribution in [0.15, 0.2) is 48.7 Å². The van der Waals surface area contributed by atoms with E-state index < -0.39 is 0 Å². The molecule has 0 radical (unpaired) electrons. The van der Waals surface area contributed by atoms with Crippen molar-refractivity contribution in [2.45, 2.75) is 0 Å². The number of aromatic amines is 1. The van der Waals surface area contributed by atoms with E-state index in [0.29, 0.717) is 0 Å². The highest BCUT2D eigenvalue weighted by Crippen LogP contribution is 2.25. The lowest BCUT2D eigenvalue weighted by Crippen LogP contribution is -1.77. The summed E-state index contributed by atoms with van der Waals surface area (Å²) in [4.78, 5) is 0. The van der Waals surface area contributed by atoms with E-state index in [2.05, 4.69) is 10.2 Å². The van der Waals surface area contributed by atoms with Crippen LogP contribution in [0.1, 0.15) is 0 Å². The lowest BCUT2D eigenvalue weighted by molar-refractivity contribution is 0.475. The predicted molar refractivity (Wildman–Crippen MR) is 63.2 cm³/mol. The number of hydrogen-bond acceptors (Lipinski definition) is 2. The quantitative estimate of drug-likeness (QED) is 0.648. The van der Waals surface area contributed by atoms with Gasteiger partial charge in [-0.1, -0.05) is 24.3 Å². The Morgan fingerprint density at radius 1 is 1.00 bits per heavy atom. The average molecular weight is 210 g/mol. The van der Waals surface area contributed by atoms with Gasteiger partial charge in [0.05, 0.1) is 11.7 Å². The highest BCUT2D eigenvalue weighted by Gasteiger charge is 2.01. The maximum Gasteiger partial charge on any atom is 0.116 e. The smallest absolute Gasteiger partial charge is 0.116 e. The number of rotatable bonds is 1. The Hall–Kier alpha value is -2.29. The molecular weight excluding hydrogens is 200 g/mol. The summed E-state index contributed by atoms with van der Waals surface area (Å²) in [6.07, 6.45) is 1.79. The molecule has 0 spiro atoms. The SMILES string of the molecule is Oc1cccc(-c2ccc3cn[nH]c3c2)c1. The number of H-pyrrole nitrogens is 1. The monoisotopic (exact) mass is 210 g/mol. The number of phenols is 1. The van der Waals surface area contributed by atoms with E-state index in [9.17, 15) is 5.11 Å². The number of nitrogens with one attached hydrogen (secondary N) is 1. The second kappa shape index (κ2) is 3.38. The molecule has 2 aromatic carbocycles. The van der Waals surface area contributed by atoms with Crippen LogP contribution >= 0.6 is 0 Å². The number of nitrogens with zero attached hydrogens (tertiary/aromatic N) is 1. The van der Waals surface area contributed by atoms with Crippen molar-refractivity contribution >= 4 is 10.9 Å². The molecule has 0 fully saturated rings. The summed E-state index contributed by atoms with van der Waals surface area (Å²) in [7, 11) is 0. The minimum atomic E-state index is 0.280. The van der Waals surface area contributed by atoms with E-state index in [1.165, 1.54) is 0 Å². The molecule has 0 saturated carbocycles. The largest absolute Gasteiger partial charge is 0.508 e. The maximum atomic E-state index is 9.43. The van der Waals surface area contributed by atoms with Gasteiger partial charge in [-0.3, -0.25) is 5.10 Å². The van der Waals surface area contributed by atoms with Crippen molar-refractivity contribution in [2.24, 2.45) is 0 Å². The topological polar surface area (TPSA) is 48.9 Å². The zero-order chi connectivity index (χ0) is 11.0. The van der Waals surface area contributed by atoms with Crippen LogP contribution in [-0.4, -0.2) is 15.3 Å². The number of phenolic OH excluding ortho intramolecular Hbond substituents is 1. The van der Waals surface area contributed by atoms with Gasteiger partial charge < -0.3 is 5.11 Å². The molecule has 0 unspecified atom stereocenters. The van der Waals surface area contributed by atoms with Gasteiger partial charge in [-0.05, 0) is 29.3 Å². The second-order valence-corrected chi connectivity index (χ2v) is 3.72. The van der Waals surface area contributed by atoms with Crippen LogP contribution in [-0.2, 0) is 0 Å². The third-order valence-electron chi connectivity index (χ3n) is 2.62. The van der Waals surface area contributed by atoms with Crippen molar-refractivity contribution in [1.82, 2.24) is 10.2 Å². The lowest BCUT2D eigenvalue weighted by atomic mass is 10.0. The van der Waals surface area contributed by atoms with Crippen molar-refractivity contribution in [2.75, 3.05) is 0 Å². The molecule has 0 amide bonds. The molecule has 1 aromatic heterocycles. The summed E-state index contributed by atoms with van der Waals surface area (Å²) in [5.74, 6) is 0.280.